The first-order valence-electron chi connectivity index (χ1n) is 7.06. The third-order valence-electron chi connectivity index (χ3n) is 3.66. The van der Waals surface area contributed by atoms with E-state index in [4.69, 9.17) is 16.6 Å². The normalized spacial score (nSPS) is 17.6. The smallest absolute Gasteiger partial charge is 0.203 e. The summed E-state index contributed by atoms with van der Waals surface area (Å²) >= 11 is 7.58. The molecule has 0 atom stereocenters. The van der Waals surface area contributed by atoms with Gasteiger partial charge in [-0.2, -0.15) is 5.10 Å². The number of hydrogen-bond donors (Lipinski definition) is 0. The SMILES string of the molecule is Cn1nc(-c2ccc(Cl)cc2)s/c1=N/C1CCCCC1. The van der Waals surface area contributed by atoms with E-state index in [2.05, 4.69) is 5.10 Å². The molecule has 20 heavy (non-hydrogen) atoms. The van der Waals surface area contributed by atoms with E-state index in [1.54, 1.807) is 11.3 Å². The molecule has 1 fully saturated rings. The lowest BCUT2D eigenvalue weighted by Crippen LogP contribution is -2.18. The highest BCUT2D eigenvalue weighted by atomic mass is 35.5. The second-order valence-electron chi connectivity index (χ2n) is 5.24. The lowest BCUT2D eigenvalue weighted by atomic mass is 9.96. The quantitative estimate of drug-likeness (QED) is 0.823. The topological polar surface area (TPSA) is 30.2 Å². The van der Waals surface area contributed by atoms with E-state index in [1.807, 2.05) is 36.0 Å². The number of nitrogens with zero attached hydrogens (tertiary/aromatic N) is 3. The van der Waals surface area contributed by atoms with Crippen molar-refractivity contribution in [2.24, 2.45) is 12.0 Å². The van der Waals surface area contributed by atoms with Crippen LogP contribution in [0.1, 0.15) is 32.1 Å². The summed E-state index contributed by atoms with van der Waals surface area (Å²) in [5.41, 5.74) is 1.10. The number of aromatic nitrogens is 2. The van der Waals surface area contributed by atoms with E-state index in [1.165, 1.54) is 32.1 Å². The maximum Gasteiger partial charge on any atom is 0.203 e. The Morgan fingerprint density at radius 2 is 1.90 bits per heavy atom. The van der Waals surface area contributed by atoms with Crippen LogP contribution in [0.2, 0.25) is 5.02 Å². The highest BCUT2D eigenvalue weighted by Gasteiger charge is 2.13. The second kappa shape index (κ2) is 6.10. The van der Waals surface area contributed by atoms with Crippen LogP contribution in [0.4, 0.5) is 0 Å². The average Bonchev–Trinajstić information content (AvgIpc) is 2.82. The molecule has 0 bridgehead atoms. The molecule has 1 saturated carbocycles. The van der Waals surface area contributed by atoms with Crippen molar-refractivity contribution in [3.05, 3.63) is 34.1 Å². The first-order chi connectivity index (χ1) is 9.72. The van der Waals surface area contributed by atoms with Crippen LogP contribution in [0.15, 0.2) is 29.3 Å². The van der Waals surface area contributed by atoms with Gasteiger partial charge in [-0.25, -0.2) is 4.68 Å². The third-order valence-corrected chi connectivity index (χ3v) is 4.98. The van der Waals surface area contributed by atoms with Gasteiger partial charge in [0.25, 0.3) is 0 Å². The molecule has 0 amide bonds. The van der Waals surface area contributed by atoms with Crippen molar-refractivity contribution < 1.29 is 0 Å². The van der Waals surface area contributed by atoms with Crippen LogP contribution in [0.5, 0.6) is 0 Å². The third kappa shape index (κ3) is 3.13. The van der Waals surface area contributed by atoms with Gasteiger partial charge in [0.2, 0.25) is 4.80 Å². The summed E-state index contributed by atoms with van der Waals surface area (Å²) in [6.07, 6.45) is 6.40. The number of hydrogen-bond acceptors (Lipinski definition) is 3. The zero-order chi connectivity index (χ0) is 13.9. The fourth-order valence-corrected chi connectivity index (χ4v) is 3.63. The number of benzene rings is 1. The number of aryl methyl sites for hydroxylation is 1. The largest absolute Gasteiger partial charge is 0.254 e. The molecule has 2 aromatic rings. The van der Waals surface area contributed by atoms with Gasteiger partial charge in [-0.1, -0.05) is 54.3 Å². The van der Waals surface area contributed by atoms with Gasteiger partial charge in [-0.15, -0.1) is 0 Å². The molecule has 1 aliphatic rings. The molecular formula is C15H18ClN3S. The Hall–Kier alpha value is -1.13. The molecule has 106 valence electrons. The summed E-state index contributed by atoms with van der Waals surface area (Å²) in [5, 5.41) is 6.32. The lowest BCUT2D eigenvalue weighted by molar-refractivity contribution is 0.434. The van der Waals surface area contributed by atoms with Gasteiger partial charge in [-0.05, 0) is 25.0 Å². The summed E-state index contributed by atoms with van der Waals surface area (Å²) in [6, 6.07) is 8.29. The maximum absolute atomic E-state index is 5.92. The summed E-state index contributed by atoms with van der Waals surface area (Å²) in [4.78, 5) is 5.89. The van der Waals surface area contributed by atoms with Crippen molar-refractivity contribution in [1.82, 2.24) is 9.78 Å². The molecule has 3 nitrogen and oxygen atoms in total. The Morgan fingerprint density at radius 1 is 1.20 bits per heavy atom. The Morgan fingerprint density at radius 3 is 2.60 bits per heavy atom. The second-order valence-corrected chi connectivity index (χ2v) is 6.63. The van der Waals surface area contributed by atoms with E-state index in [0.29, 0.717) is 6.04 Å². The molecule has 1 aliphatic carbocycles. The van der Waals surface area contributed by atoms with E-state index in [9.17, 15) is 0 Å². The van der Waals surface area contributed by atoms with Gasteiger partial charge in [0, 0.05) is 17.6 Å². The Balaban J connectivity index is 1.90. The first kappa shape index (κ1) is 13.8. The van der Waals surface area contributed by atoms with Crippen LogP contribution in [0, 0.1) is 0 Å². The van der Waals surface area contributed by atoms with Crippen molar-refractivity contribution in [3.8, 4) is 10.6 Å². The summed E-state index contributed by atoms with van der Waals surface area (Å²) < 4.78 is 1.89. The van der Waals surface area contributed by atoms with Crippen molar-refractivity contribution in [2.75, 3.05) is 0 Å². The van der Waals surface area contributed by atoms with Gasteiger partial charge >= 0.3 is 0 Å². The van der Waals surface area contributed by atoms with Crippen LogP contribution < -0.4 is 4.80 Å². The minimum Gasteiger partial charge on any atom is -0.254 e. The Bertz CT molecular complexity index is 636. The molecule has 1 heterocycles. The zero-order valence-corrected chi connectivity index (χ0v) is 13.1. The molecule has 0 unspecified atom stereocenters. The fourth-order valence-electron chi connectivity index (χ4n) is 2.54. The van der Waals surface area contributed by atoms with E-state index >= 15 is 0 Å². The first-order valence-corrected chi connectivity index (χ1v) is 8.26. The van der Waals surface area contributed by atoms with Crippen molar-refractivity contribution in [2.45, 2.75) is 38.1 Å². The molecule has 1 aromatic heterocycles. The lowest BCUT2D eigenvalue weighted by Gasteiger charge is -2.16. The molecule has 0 saturated heterocycles. The highest BCUT2D eigenvalue weighted by Crippen LogP contribution is 2.23. The fraction of sp³-hybridized carbons (Fsp3) is 0.467. The van der Waals surface area contributed by atoms with Crippen LogP contribution in [0.3, 0.4) is 0 Å². The van der Waals surface area contributed by atoms with Gasteiger partial charge in [0.15, 0.2) is 0 Å². The molecular weight excluding hydrogens is 290 g/mol. The molecule has 0 aliphatic heterocycles. The van der Waals surface area contributed by atoms with Crippen molar-refractivity contribution in [1.29, 1.82) is 0 Å². The minimum atomic E-state index is 0.480. The van der Waals surface area contributed by atoms with E-state index in [0.717, 1.165) is 20.4 Å². The minimum absolute atomic E-state index is 0.480. The monoisotopic (exact) mass is 307 g/mol. The van der Waals surface area contributed by atoms with Crippen molar-refractivity contribution in [3.63, 3.8) is 0 Å². The van der Waals surface area contributed by atoms with Crippen molar-refractivity contribution >= 4 is 22.9 Å². The predicted octanol–water partition coefficient (Wildman–Crippen LogP) is 4.04. The van der Waals surface area contributed by atoms with Crippen LogP contribution in [-0.2, 0) is 7.05 Å². The van der Waals surface area contributed by atoms with E-state index < -0.39 is 0 Å². The van der Waals surface area contributed by atoms with Crippen LogP contribution in [-0.4, -0.2) is 15.8 Å². The summed E-state index contributed by atoms with van der Waals surface area (Å²) in [6.45, 7) is 0. The molecule has 0 spiro atoms. The molecule has 3 rings (SSSR count). The van der Waals surface area contributed by atoms with Gasteiger partial charge in [-0.3, -0.25) is 4.99 Å². The summed E-state index contributed by atoms with van der Waals surface area (Å²) in [7, 11) is 1.97. The predicted molar refractivity (Wildman–Crippen MR) is 84.0 cm³/mol. The van der Waals surface area contributed by atoms with Gasteiger partial charge in [0.1, 0.15) is 5.01 Å². The Labute approximate surface area is 127 Å². The van der Waals surface area contributed by atoms with Gasteiger partial charge < -0.3 is 0 Å². The summed E-state index contributed by atoms with van der Waals surface area (Å²) in [5.74, 6) is 0. The molecule has 0 radical (unpaired) electrons. The standard InChI is InChI=1S/C15H18ClN3S/c1-19-15(17-13-5-3-2-4-6-13)20-14(18-19)11-7-9-12(16)10-8-11/h7-10,13H,2-6H2,1H3/b17-15+. The molecule has 5 heteroatoms. The van der Waals surface area contributed by atoms with Crippen LogP contribution >= 0.6 is 22.9 Å². The van der Waals surface area contributed by atoms with Crippen LogP contribution in [0.25, 0.3) is 10.6 Å². The highest BCUT2D eigenvalue weighted by molar-refractivity contribution is 7.12. The molecule has 0 N–H and O–H groups in total. The van der Waals surface area contributed by atoms with Gasteiger partial charge in [0.05, 0.1) is 6.04 Å². The average molecular weight is 308 g/mol. The number of halogens is 1. The number of rotatable bonds is 2. The Kier molecular flexibility index (Phi) is 4.22. The molecule has 1 aromatic carbocycles. The zero-order valence-electron chi connectivity index (χ0n) is 11.6. The maximum atomic E-state index is 5.92. The van der Waals surface area contributed by atoms with E-state index in [-0.39, 0.29) is 0 Å².